The molecule has 0 aromatic heterocycles. The van der Waals surface area contributed by atoms with Crippen LogP contribution in [0.1, 0.15) is 6.42 Å². The Morgan fingerprint density at radius 2 is 2.15 bits per heavy atom. The fourth-order valence-corrected chi connectivity index (χ4v) is 1.16. The highest BCUT2D eigenvalue weighted by Crippen LogP contribution is 2.24. The molecule has 0 aliphatic rings. The molecule has 0 N–H and O–H groups in total. The molecule has 0 aliphatic carbocycles. The molecule has 0 aliphatic heterocycles. The van der Waals surface area contributed by atoms with Gasteiger partial charge in [-0.05, 0) is 24.6 Å². The summed E-state index contributed by atoms with van der Waals surface area (Å²) in [5.41, 5.74) is 0. The molecule has 0 atom stereocenters. The van der Waals surface area contributed by atoms with Crippen molar-refractivity contribution >= 4 is 23.2 Å². The molecule has 0 saturated heterocycles. The number of alkyl halides is 1. The van der Waals surface area contributed by atoms with Crippen molar-refractivity contribution in [3.63, 3.8) is 0 Å². The van der Waals surface area contributed by atoms with Crippen LogP contribution in [-0.2, 0) is 0 Å². The van der Waals surface area contributed by atoms with Crippen molar-refractivity contribution < 1.29 is 9.13 Å². The Balaban J connectivity index is 2.56. The molecular formula is C9H9Cl2FO. The van der Waals surface area contributed by atoms with Crippen molar-refractivity contribution in [2.24, 2.45) is 0 Å². The third-order valence-electron chi connectivity index (χ3n) is 1.43. The van der Waals surface area contributed by atoms with Gasteiger partial charge in [-0.1, -0.05) is 11.6 Å². The second-order valence-electron chi connectivity index (χ2n) is 2.47. The first-order chi connectivity index (χ1) is 6.24. The van der Waals surface area contributed by atoms with Gasteiger partial charge in [-0.2, -0.15) is 0 Å². The van der Waals surface area contributed by atoms with Crippen molar-refractivity contribution in [1.29, 1.82) is 0 Å². The Labute approximate surface area is 86.4 Å². The average Bonchev–Trinajstić information content (AvgIpc) is 2.09. The molecule has 1 nitrogen and oxygen atoms in total. The Bertz CT molecular complexity index is 278. The lowest BCUT2D eigenvalue weighted by molar-refractivity contribution is 0.318. The van der Waals surface area contributed by atoms with Crippen molar-refractivity contribution in [3.8, 4) is 5.75 Å². The predicted octanol–water partition coefficient (Wildman–Crippen LogP) is 3.49. The maximum absolute atomic E-state index is 12.6. The van der Waals surface area contributed by atoms with E-state index in [1.807, 2.05) is 0 Å². The Morgan fingerprint density at radius 1 is 1.38 bits per heavy atom. The maximum Gasteiger partial charge on any atom is 0.138 e. The van der Waals surface area contributed by atoms with E-state index >= 15 is 0 Å². The number of ether oxygens (including phenoxy) is 1. The smallest absolute Gasteiger partial charge is 0.138 e. The quantitative estimate of drug-likeness (QED) is 0.560. The molecule has 0 unspecified atom stereocenters. The van der Waals surface area contributed by atoms with Crippen LogP contribution in [0, 0.1) is 5.82 Å². The molecule has 4 heteroatoms. The summed E-state index contributed by atoms with van der Waals surface area (Å²) in [4.78, 5) is 0. The SMILES string of the molecule is Fc1ccc(OCCCCl)c(Cl)c1. The fraction of sp³-hybridized carbons (Fsp3) is 0.333. The van der Waals surface area contributed by atoms with E-state index in [-0.39, 0.29) is 10.8 Å². The van der Waals surface area contributed by atoms with Crippen LogP contribution < -0.4 is 4.74 Å². The van der Waals surface area contributed by atoms with E-state index in [4.69, 9.17) is 27.9 Å². The summed E-state index contributed by atoms with van der Waals surface area (Å²) in [5.74, 6) is 0.668. The average molecular weight is 223 g/mol. The molecular weight excluding hydrogens is 214 g/mol. The van der Waals surface area contributed by atoms with Crippen LogP contribution in [0.3, 0.4) is 0 Å². The van der Waals surface area contributed by atoms with Gasteiger partial charge in [0.2, 0.25) is 0 Å². The lowest BCUT2D eigenvalue weighted by Gasteiger charge is -2.06. The first-order valence-corrected chi connectivity index (χ1v) is 4.79. The number of hydrogen-bond donors (Lipinski definition) is 0. The Kier molecular flexibility index (Phi) is 4.33. The van der Waals surface area contributed by atoms with Gasteiger partial charge in [-0.3, -0.25) is 0 Å². The summed E-state index contributed by atoms with van der Waals surface area (Å²) in [7, 11) is 0. The number of halogens is 3. The second-order valence-corrected chi connectivity index (χ2v) is 3.25. The minimum atomic E-state index is -0.366. The maximum atomic E-state index is 12.6. The van der Waals surface area contributed by atoms with E-state index in [0.29, 0.717) is 18.2 Å². The first-order valence-electron chi connectivity index (χ1n) is 3.88. The van der Waals surface area contributed by atoms with Crippen molar-refractivity contribution in [3.05, 3.63) is 29.0 Å². The molecule has 0 heterocycles. The van der Waals surface area contributed by atoms with Gasteiger partial charge in [0.1, 0.15) is 11.6 Å². The minimum Gasteiger partial charge on any atom is -0.492 e. The standard InChI is InChI=1S/C9H9Cl2FO/c10-4-1-5-13-9-3-2-7(12)6-8(9)11/h2-3,6H,1,4-5H2. The zero-order valence-corrected chi connectivity index (χ0v) is 8.41. The van der Waals surface area contributed by atoms with Gasteiger partial charge in [0.15, 0.2) is 0 Å². The van der Waals surface area contributed by atoms with Gasteiger partial charge >= 0.3 is 0 Å². The normalized spacial score (nSPS) is 10.1. The van der Waals surface area contributed by atoms with Crippen molar-refractivity contribution in [2.75, 3.05) is 12.5 Å². The number of rotatable bonds is 4. The van der Waals surface area contributed by atoms with Gasteiger partial charge in [0, 0.05) is 5.88 Å². The summed E-state index contributed by atoms with van der Waals surface area (Å²) < 4.78 is 17.8. The van der Waals surface area contributed by atoms with Crippen molar-refractivity contribution in [2.45, 2.75) is 6.42 Å². The van der Waals surface area contributed by atoms with Gasteiger partial charge in [0.05, 0.1) is 11.6 Å². The van der Waals surface area contributed by atoms with Crippen LogP contribution in [0.4, 0.5) is 4.39 Å². The van der Waals surface area contributed by atoms with Crippen LogP contribution in [0.25, 0.3) is 0 Å². The molecule has 0 bridgehead atoms. The monoisotopic (exact) mass is 222 g/mol. The van der Waals surface area contributed by atoms with Gasteiger partial charge < -0.3 is 4.74 Å². The number of benzene rings is 1. The topological polar surface area (TPSA) is 9.23 Å². The first kappa shape index (κ1) is 10.6. The lowest BCUT2D eigenvalue weighted by atomic mass is 10.3. The highest BCUT2D eigenvalue weighted by molar-refractivity contribution is 6.32. The second kappa shape index (κ2) is 5.30. The predicted molar refractivity (Wildman–Crippen MR) is 52.2 cm³/mol. The highest BCUT2D eigenvalue weighted by Gasteiger charge is 2.01. The summed E-state index contributed by atoms with van der Waals surface area (Å²) >= 11 is 11.2. The minimum absolute atomic E-state index is 0.287. The molecule has 0 fully saturated rings. The highest BCUT2D eigenvalue weighted by atomic mass is 35.5. The molecule has 1 aromatic carbocycles. The Hall–Kier alpha value is -0.470. The van der Waals surface area contributed by atoms with E-state index in [2.05, 4.69) is 0 Å². The van der Waals surface area contributed by atoms with Crippen LogP contribution >= 0.6 is 23.2 Å². The summed E-state index contributed by atoms with van der Waals surface area (Å²) in [6.07, 6.45) is 0.745. The summed E-state index contributed by atoms with van der Waals surface area (Å²) in [6, 6.07) is 4.03. The third-order valence-corrected chi connectivity index (χ3v) is 1.99. The molecule has 0 saturated carbocycles. The van der Waals surface area contributed by atoms with Crippen LogP contribution in [0.15, 0.2) is 18.2 Å². The molecule has 0 spiro atoms. The molecule has 13 heavy (non-hydrogen) atoms. The van der Waals surface area contributed by atoms with E-state index < -0.39 is 0 Å². The van der Waals surface area contributed by atoms with E-state index in [1.54, 1.807) is 0 Å². The fourth-order valence-electron chi connectivity index (χ4n) is 0.829. The van der Waals surface area contributed by atoms with Crippen LogP contribution in [0.2, 0.25) is 5.02 Å². The van der Waals surface area contributed by atoms with Gasteiger partial charge in [-0.25, -0.2) is 4.39 Å². The molecule has 0 radical (unpaired) electrons. The molecule has 1 rings (SSSR count). The summed E-state index contributed by atoms with van der Waals surface area (Å²) in [5, 5.41) is 0.287. The number of hydrogen-bond acceptors (Lipinski definition) is 1. The zero-order valence-electron chi connectivity index (χ0n) is 6.90. The van der Waals surface area contributed by atoms with E-state index in [9.17, 15) is 4.39 Å². The summed E-state index contributed by atoms with van der Waals surface area (Å²) in [6.45, 7) is 0.495. The largest absolute Gasteiger partial charge is 0.492 e. The van der Waals surface area contributed by atoms with E-state index in [1.165, 1.54) is 18.2 Å². The van der Waals surface area contributed by atoms with Crippen LogP contribution in [0.5, 0.6) is 5.75 Å². The van der Waals surface area contributed by atoms with Gasteiger partial charge in [0.25, 0.3) is 0 Å². The molecule has 0 amide bonds. The van der Waals surface area contributed by atoms with Gasteiger partial charge in [-0.15, -0.1) is 11.6 Å². The third kappa shape index (κ3) is 3.41. The Morgan fingerprint density at radius 3 is 2.77 bits per heavy atom. The van der Waals surface area contributed by atoms with Crippen LogP contribution in [-0.4, -0.2) is 12.5 Å². The van der Waals surface area contributed by atoms with Crippen molar-refractivity contribution in [1.82, 2.24) is 0 Å². The zero-order chi connectivity index (χ0) is 9.68. The molecule has 1 aromatic rings. The van der Waals surface area contributed by atoms with E-state index in [0.717, 1.165) is 6.42 Å². The molecule has 72 valence electrons. The lowest BCUT2D eigenvalue weighted by Crippen LogP contribution is -1.98.